The van der Waals surface area contributed by atoms with Gasteiger partial charge in [0.05, 0.1) is 5.56 Å². The number of fused-ring (bicyclic) bond motifs is 1. The van der Waals surface area contributed by atoms with Gasteiger partial charge in [0.2, 0.25) is 0 Å². The second-order valence-corrected chi connectivity index (χ2v) is 2.89. The first-order chi connectivity index (χ1) is 6.59. The van der Waals surface area contributed by atoms with Crippen LogP contribution in [0.4, 0.5) is 0 Å². The van der Waals surface area contributed by atoms with E-state index >= 15 is 0 Å². The van der Waals surface area contributed by atoms with E-state index in [1.165, 1.54) is 18.2 Å². The van der Waals surface area contributed by atoms with Crippen LogP contribution in [0.1, 0.15) is 10.4 Å². The summed E-state index contributed by atoms with van der Waals surface area (Å²) in [5, 5.41) is 27.9. The SMILES string of the molecule is O=C(O)c1ccc2c(O)[nH]c(O)c2c1. The minimum Gasteiger partial charge on any atom is -0.494 e. The van der Waals surface area contributed by atoms with Gasteiger partial charge in [-0.2, -0.15) is 0 Å². The molecule has 1 aromatic heterocycles. The summed E-state index contributed by atoms with van der Waals surface area (Å²) in [6.07, 6.45) is 0. The van der Waals surface area contributed by atoms with Gasteiger partial charge in [-0.15, -0.1) is 0 Å². The van der Waals surface area contributed by atoms with Crippen LogP contribution in [-0.2, 0) is 0 Å². The van der Waals surface area contributed by atoms with E-state index in [0.717, 1.165) is 0 Å². The fourth-order valence-corrected chi connectivity index (χ4v) is 1.33. The Balaban J connectivity index is 2.77. The van der Waals surface area contributed by atoms with Crippen LogP contribution >= 0.6 is 0 Å². The third kappa shape index (κ3) is 1.06. The van der Waals surface area contributed by atoms with E-state index < -0.39 is 5.97 Å². The lowest BCUT2D eigenvalue weighted by atomic mass is 10.1. The monoisotopic (exact) mass is 193 g/mol. The Morgan fingerprint density at radius 3 is 2.43 bits per heavy atom. The first-order valence-corrected chi connectivity index (χ1v) is 3.86. The Bertz CT molecular complexity index is 515. The molecule has 0 bridgehead atoms. The molecule has 4 N–H and O–H groups in total. The maximum absolute atomic E-state index is 10.6. The highest BCUT2D eigenvalue weighted by molar-refractivity contribution is 5.98. The molecule has 72 valence electrons. The number of aromatic carboxylic acids is 1. The number of H-pyrrole nitrogens is 1. The summed E-state index contributed by atoms with van der Waals surface area (Å²) in [5.74, 6) is -1.48. The zero-order chi connectivity index (χ0) is 10.3. The average molecular weight is 193 g/mol. The summed E-state index contributed by atoms with van der Waals surface area (Å²) in [6.45, 7) is 0. The lowest BCUT2D eigenvalue weighted by Gasteiger charge is -1.94. The fraction of sp³-hybridized carbons (Fsp3) is 0. The van der Waals surface area contributed by atoms with Crippen molar-refractivity contribution in [2.45, 2.75) is 0 Å². The van der Waals surface area contributed by atoms with Crippen molar-refractivity contribution >= 4 is 16.7 Å². The molecule has 0 fully saturated rings. The van der Waals surface area contributed by atoms with Crippen molar-refractivity contribution in [3.8, 4) is 11.8 Å². The normalized spacial score (nSPS) is 10.6. The number of aromatic amines is 1. The number of hydrogen-bond donors (Lipinski definition) is 4. The molecule has 1 heterocycles. The summed E-state index contributed by atoms with van der Waals surface area (Å²) in [5.41, 5.74) is 0.0619. The predicted octanol–water partition coefficient (Wildman–Crippen LogP) is 1.28. The summed E-state index contributed by atoms with van der Waals surface area (Å²) < 4.78 is 0. The molecule has 0 spiro atoms. The van der Waals surface area contributed by atoms with Crippen LogP contribution in [0, 0.1) is 0 Å². The number of carboxylic acids is 1. The number of benzene rings is 1. The Morgan fingerprint density at radius 1 is 1.14 bits per heavy atom. The smallest absolute Gasteiger partial charge is 0.335 e. The molecule has 0 unspecified atom stereocenters. The van der Waals surface area contributed by atoms with Crippen molar-refractivity contribution in [1.29, 1.82) is 0 Å². The molecule has 0 amide bonds. The largest absolute Gasteiger partial charge is 0.494 e. The summed E-state index contributed by atoms with van der Waals surface area (Å²) in [4.78, 5) is 12.9. The van der Waals surface area contributed by atoms with Crippen molar-refractivity contribution in [1.82, 2.24) is 4.98 Å². The van der Waals surface area contributed by atoms with Gasteiger partial charge in [-0.05, 0) is 18.2 Å². The van der Waals surface area contributed by atoms with Crippen molar-refractivity contribution in [2.24, 2.45) is 0 Å². The third-order valence-electron chi connectivity index (χ3n) is 2.01. The highest BCUT2D eigenvalue weighted by Gasteiger charge is 2.11. The molecule has 1 aromatic carbocycles. The molecular weight excluding hydrogens is 186 g/mol. The number of hydrogen-bond acceptors (Lipinski definition) is 3. The highest BCUT2D eigenvalue weighted by atomic mass is 16.4. The second-order valence-electron chi connectivity index (χ2n) is 2.89. The molecule has 0 aliphatic rings. The van der Waals surface area contributed by atoms with Gasteiger partial charge in [-0.25, -0.2) is 4.79 Å². The maximum Gasteiger partial charge on any atom is 0.335 e. The summed E-state index contributed by atoms with van der Waals surface area (Å²) >= 11 is 0. The van der Waals surface area contributed by atoms with Crippen LogP contribution in [-0.4, -0.2) is 26.3 Å². The van der Waals surface area contributed by atoms with Crippen molar-refractivity contribution in [3.05, 3.63) is 23.8 Å². The molecule has 0 aliphatic heterocycles. The molecular formula is C9H7NO4. The van der Waals surface area contributed by atoms with Gasteiger partial charge in [-0.1, -0.05) is 0 Å². The van der Waals surface area contributed by atoms with E-state index in [1.54, 1.807) is 0 Å². The number of rotatable bonds is 1. The van der Waals surface area contributed by atoms with Crippen LogP contribution in [0.15, 0.2) is 18.2 Å². The van der Waals surface area contributed by atoms with Crippen LogP contribution in [0.25, 0.3) is 10.8 Å². The van der Waals surface area contributed by atoms with Gasteiger partial charge < -0.3 is 15.3 Å². The number of aromatic hydroxyl groups is 2. The van der Waals surface area contributed by atoms with Gasteiger partial charge in [0.1, 0.15) is 0 Å². The quantitative estimate of drug-likeness (QED) is 0.548. The minimum absolute atomic E-state index is 0.0619. The third-order valence-corrected chi connectivity index (χ3v) is 2.01. The van der Waals surface area contributed by atoms with Gasteiger partial charge >= 0.3 is 5.97 Å². The van der Waals surface area contributed by atoms with E-state index in [1.807, 2.05) is 0 Å². The molecule has 2 aromatic rings. The van der Waals surface area contributed by atoms with Crippen molar-refractivity contribution in [2.75, 3.05) is 0 Å². The molecule has 5 heteroatoms. The fourth-order valence-electron chi connectivity index (χ4n) is 1.33. The topological polar surface area (TPSA) is 93.5 Å². The lowest BCUT2D eigenvalue weighted by Crippen LogP contribution is -1.94. The molecule has 2 rings (SSSR count). The Labute approximate surface area is 78.2 Å². The van der Waals surface area contributed by atoms with Gasteiger partial charge in [0.25, 0.3) is 0 Å². The van der Waals surface area contributed by atoms with Crippen LogP contribution in [0.5, 0.6) is 11.8 Å². The number of carbonyl (C=O) groups is 1. The van der Waals surface area contributed by atoms with E-state index in [4.69, 9.17) is 5.11 Å². The van der Waals surface area contributed by atoms with Crippen molar-refractivity contribution in [3.63, 3.8) is 0 Å². The molecule has 0 saturated heterocycles. The summed E-state index contributed by atoms with van der Waals surface area (Å²) in [7, 11) is 0. The molecule has 0 saturated carbocycles. The van der Waals surface area contributed by atoms with E-state index in [-0.39, 0.29) is 17.3 Å². The number of nitrogens with one attached hydrogen (secondary N) is 1. The Morgan fingerprint density at radius 2 is 1.79 bits per heavy atom. The standard InChI is InChI=1S/C9H7NO4/c11-7-5-2-1-4(9(13)14)3-6(5)8(12)10-7/h1-3,10-12H,(H,13,14). The Hall–Kier alpha value is -2.17. The van der Waals surface area contributed by atoms with E-state index in [0.29, 0.717) is 10.8 Å². The van der Waals surface area contributed by atoms with Gasteiger partial charge in [-0.3, -0.25) is 4.98 Å². The molecule has 14 heavy (non-hydrogen) atoms. The molecule has 0 aliphatic carbocycles. The van der Waals surface area contributed by atoms with Crippen LogP contribution in [0.2, 0.25) is 0 Å². The van der Waals surface area contributed by atoms with Crippen LogP contribution in [0.3, 0.4) is 0 Å². The zero-order valence-electron chi connectivity index (χ0n) is 6.98. The first kappa shape index (κ1) is 8.43. The van der Waals surface area contributed by atoms with Gasteiger partial charge in [0.15, 0.2) is 11.8 Å². The van der Waals surface area contributed by atoms with Crippen LogP contribution < -0.4 is 0 Å². The molecule has 0 radical (unpaired) electrons. The highest BCUT2D eigenvalue weighted by Crippen LogP contribution is 2.32. The first-order valence-electron chi connectivity index (χ1n) is 3.86. The Kier molecular flexibility index (Phi) is 1.60. The lowest BCUT2D eigenvalue weighted by molar-refractivity contribution is 0.0697. The van der Waals surface area contributed by atoms with Crippen molar-refractivity contribution < 1.29 is 20.1 Å². The number of carboxylic acid groups (broad SMARTS) is 1. The molecule has 0 atom stereocenters. The maximum atomic E-state index is 10.6. The average Bonchev–Trinajstić information content (AvgIpc) is 2.42. The second kappa shape index (κ2) is 2.66. The number of aromatic nitrogens is 1. The zero-order valence-corrected chi connectivity index (χ0v) is 6.98. The van der Waals surface area contributed by atoms with E-state index in [2.05, 4.69) is 4.98 Å². The molecule has 5 nitrogen and oxygen atoms in total. The minimum atomic E-state index is -1.08. The summed E-state index contributed by atoms with van der Waals surface area (Å²) in [6, 6.07) is 4.09. The van der Waals surface area contributed by atoms with E-state index in [9.17, 15) is 15.0 Å². The predicted molar refractivity (Wildman–Crippen MR) is 48.6 cm³/mol. The van der Waals surface area contributed by atoms with Gasteiger partial charge in [0, 0.05) is 10.8 Å².